The van der Waals surface area contributed by atoms with Crippen molar-refractivity contribution in [2.45, 2.75) is 5.41 Å². The lowest BCUT2D eigenvalue weighted by molar-refractivity contribution is 0.670. The van der Waals surface area contributed by atoms with Crippen LogP contribution in [-0.4, -0.2) is 0 Å². The van der Waals surface area contributed by atoms with E-state index in [1.807, 2.05) is 12.1 Å². The molecule has 1 aliphatic carbocycles. The molecule has 2 heteroatoms. The van der Waals surface area contributed by atoms with Gasteiger partial charge in [0.15, 0.2) is 0 Å². The Labute approximate surface area is 437 Å². The van der Waals surface area contributed by atoms with Crippen LogP contribution in [0.4, 0.5) is 17.1 Å². The maximum absolute atomic E-state index is 6.52. The quantitative estimate of drug-likeness (QED) is 0.136. The van der Waals surface area contributed by atoms with Crippen molar-refractivity contribution in [2.75, 3.05) is 4.90 Å². The lowest BCUT2D eigenvalue weighted by Gasteiger charge is -2.34. The first-order chi connectivity index (χ1) is 37.2. The molecule has 13 aromatic rings. The smallest absolute Gasteiger partial charge is 0.143 e. The molecule has 2 nitrogen and oxygen atoms in total. The first kappa shape index (κ1) is 44.0. The molecule has 0 atom stereocenters. The van der Waals surface area contributed by atoms with Crippen molar-refractivity contribution in [1.82, 2.24) is 0 Å². The van der Waals surface area contributed by atoms with Crippen LogP contribution >= 0.6 is 0 Å². The lowest BCUT2D eigenvalue weighted by Crippen LogP contribution is -2.28. The Bertz CT molecular complexity index is 4160. The number of benzene rings is 12. The first-order valence-corrected chi connectivity index (χ1v) is 25.8. The summed E-state index contributed by atoms with van der Waals surface area (Å²) in [4.78, 5) is 2.39. The van der Waals surface area contributed by atoms with Gasteiger partial charge in [0.2, 0.25) is 0 Å². The molecule has 0 aliphatic heterocycles. The Balaban J connectivity index is 0.908. The van der Waals surface area contributed by atoms with E-state index in [9.17, 15) is 0 Å². The molecule has 0 saturated carbocycles. The molecule has 0 fully saturated rings. The fraction of sp³-hybridized carbons (Fsp3) is 0.0137. The van der Waals surface area contributed by atoms with Gasteiger partial charge in [0.25, 0.3) is 0 Å². The molecule has 12 aromatic carbocycles. The summed E-state index contributed by atoms with van der Waals surface area (Å²) in [6, 6.07) is 108. The summed E-state index contributed by atoms with van der Waals surface area (Å²) < 4.78 is 6.52. The number of fused-ring (bicyclic) bond motifs is 6. The van der Waals surface area contributed by atoms with Crippen LogP contribution in [-0.2, 0) is 5.41 Å². The Morgan fingerprint density at radius 3 is 1.47 bits per heavy atom. The van der Waals surface area contributed by atoms with Crippen LogP contribution in [0, 0.1) is 0 Å². The van der Waals surface area contributed by atoms with Crippen molar-refractivity contribution in [3.8, 4) is 66.8 Å². The summed E-state index contributed by atoms with van der Waals surface area (Å²) in [7, 11) is 0. The number of rotatable bonds is 10. The van der Waals surface area contributed by atoms with Gasteiger partial charge in [0, 0.05) is 33.4 Å². The van der Waals surface area contributed by atoms with Gasteiger partial charge in [-0.15, -0.1) is 0 Å². The molecule has 0 N–H and O–H groups in total. The van der Waals surface area contributed by atoms with Crippen LogP contribution in [0.25, 0.3) is 88.7 Å². The molecular weight excluding hydrogens is 907 g/mol. The minimum atomic E-state index is -0.492. The van der Waals surface area contributed by atoms with E-state index >= 15 is 0 Å². The fourth-order valence-electron chi connectivity index (χ4n) is 12.0. The summed E-state index contributed by atoms with van der Waals surface area (Å²) in [6.45, 7) is 0. The molecule has 0 amide bonds. The van der Waals surface area contributed by atoms with Crippen LogP contribution in [0.1, 0.15) is 22.3 Å². The van der Waals surface area contributed by atoms with Crippen LogP contribution < -0.4 is 4.90 Å². The molecule has 0 saturated heterocycles. The Morgan fingerprint density at radius 2 is 0.760 bits per heavy atom. The van der Waals surface area contributed by atoms with Crippen molar-refractivity contribution in [3.63, 3.8) is 0 Å². The third-order valence-corrected chi connectivity index (χ3v) is 15.4. The van der Waals surface area contributed by atoms with Crippen molar-refractivity contribution in [3.05, 3.63) is 320 Å². The minimum absolute atomic E-state index is 0.492. The molecular formula is C73H49NO. The Morgan fingerprint density at radius 1 is 0.267 bits per heavy atom. The van der Waals surface area contributed by atoms with Crippen molar-refractivity contribution < 1.29 is 4.42 Å². The molecule has 0 bridgehead atoms. The molecule has 0 unspecified atom stereocenters. The van der Waals surface area contributed by atoms with E-state index in [4.69, 9.17) is 4.42 Å². The second-order valence-electron chi connectivity index (χ2n) is 19.5. The van der Waals surface area contributed by atoms with E-state index in [2.05, 4.69) is 290 Å². The van der Waals surface area contributed by atoms with Gasteiger partial charge in [-0.25, -0.2) is 0 Å². The van der Waals surface area contributed by atoms with E-state index in [0.29, 0.717) is 0 Å². The first-order valence-electron chi connectivity index (χ1n) is 25.8. The number of hydrogen-bond donors (Lipinski definition) is 0. The summed E-state index contributed by atoms with van der Waals surface area (Å²) in [5.74, 6) is 0. The summed E-state index contributed by atoms with van der Waals surface area (Å²) in [5.41, 5.74) is 23.8. The molecule has 1 heterocycles. The van der Waals surface area contributed by atoms with E-state index < -0.39 is 5.41 Å². The summed E-state index contributed by atoms with van der Waals surface area (Å²) >= 11 is 0. The van der Waals surface area contributed by atoms with Gasteiger partial charge in [0.1, 0.15) is 11.2 Å². The summed E-state index contributed by atoms with van der Waals surface area (Å²) in [5, 5.41) is 2.25. The molecule has 75 heavy (non-hydrogen) atoms. The normalized spacial score (nSPS) is 12.4. The van der Waals surface area contributed by atoms with Gasteiger partial charge in [-0.2, -0.15) is 0 Å². The highest BCUT2D eigenvalue weighted by molar-refractivity contribution is 6.09. The van der Waals surface area contributed by atoms with Gasteiger partial charge in [0.05, 0.1) is 5.41 Å². The van der Waals surface area contributed by atoms with Gasteiger partial charge in [-0.3, -0.25) is 0 Å². The zero-order valence-electron chi connectivity index (χ0n) is 41.1. The van der Waals surface area contributed by atoms with Crippen molar-refractivity contribution >= 4 is 39.0 Å². The van der Waals surface area contributed by atoms with Crippen LogP contribution in [0.3, 0.4) is 0 Å². The molecule has 14 rings (SSSR count). The number of para-hydroxylation sites is 2. The molecule has 1 aliphatic rings. The predicted octanol–water partition coefficient (Wildman–Crippen LogP) is 19.8. The largest absolute Gasteiger partial charge is 0.455 e. The van der Waals surface area contributed by atoms with E-state index in [-0.39, 0.29) is 0 Å². The van der Waals surface area contributed by atoms with Crippen LogP contribution in [0.2, 0.25) is 0 Å². The second kappa shape index (κ2) is 18.4. The topological polar surface area (TPSA) is 16.4 Å². The SMILES string of the molecule is c1ccc(-c2ccc(-c3ccc(N(c4ccc(-c5cccc6c5oc5ccccc56)cc4)c4cccc(-c5cccc6c5-c5ccccc5C6(c5ccccc5)c5ccccc5)c4)cc3)cc2-c2ccccc2)cc1. The highest BCUT2D eigenvalue weighted by atomic mass is 16.3. The monoisotopic (exact) mass is 955 g/mol. The Kier molecular flexibility index (Phi) is 10.8. The fourth-order valence-corrected chi connectivity index (χ4v) is 12.0. The van der Waals surface area contributed by atoms with E-state index in [1.165, 1.54) is 61.2 Å². The number of nitrogens with zero attached hydrogens (tertiary/aromatic N) is 1. The predicted molar refractivity (Wildman–Crippen MR) is 313 cm³/mol. The number of hydrogen-bond acceptors (Lipinski definition) is 2. The van der Waals surface area contributed by atoms with Gasteiger partial charge in [-0.05, 0) is 132 Å². The zero-order valence-corrected chi connectivity index (χ0v) is 41.1. The second-order valence-corrected chi connectivity index (χ2v) is 19.5. The average molecular weight is 956 g/mol. The van der Waals surface area contributed by atoms with Crippen molar-refractivity contribution in [1.29, 1.82) is 0 Å². The zero-order chi connectivity index (χ0) is 49.7. The molecule has 0 radical (unpaired) electrons. The van der Waals surface area contributed by atoms with E-state index in [1.54, 1.807) is 0 Å². The number of anilines is 3. The third kappa shape index (κ3) is 7.41. The lowest BCUT2D eigenvalue weighted by atomic mass is 9.67. The molecule has 352 valence electrons. The third-order valence-electron chi connectivity index (χ3n) is 15.4. The van der Waals surface area contributed by atoms with Crippen LogP contribution in [0.5, 0.6) is 0 Å². The van der Waals surface area contributed by atoms with Crippen LogP contribution in [0.15, 0.2) is 302 Å². The van der Waals surface area contributed by atoms with Gasteiger partial charge < -0.3 is 9.32 Å². The molecule has 1 aromatic heterocycles. The Hall–Kier alpha value is -9.76. The van der Waals surface area contributed by atoms with E-state index in [0.717, 1.165) is 66.8 Å². The van der Waals surface area contributed by atoms with Gasteiger partial charge >= 0.3 is 0 Å². The summed E-state index contributed by atoms with van der Waals surface area (Å²) in [6.07, 6.45) is 0. The standard InChI is InChI=1S/C73H49NO/c1-5-20-51(21-6-1)61-47-42-54(49-67(61)52-22-7-2-8-23-52)50-38-43-58(44-39-50)74(59-45-40-53(41-46-59)63-33-18-34-65-64-30-14-16-37-70(64)75-72(63)65)60-29-17-24-55(48-60)62-32-19-36-69-71(62)66-31-13-15-35-68(66)73(69,56-25-9-3-10-26-56)57-27-11-4-12-28-57/h1-49H. The highest BCUT2D eigenvalue weighted by Gasteiger charge is 2.46. The maximum atomic E-state index is 6.52. The highest BCUT2D eigenvalue weighted by Crippen LogP contribution is 2.58. The molecule has 0 spiro atoms. The van der Waals surface area contributed by atoms with Gasteiger partial charge in [-0.1, -0.05) is 249 Å². The minimum Gasteiger partial charge on any atom is -0.455 e. The maximum Gasteiger partial charge on any atom is 0.143 e. The van der Waals surface area contributed by atoms with Crippen molar-refractivity contribution in [2.24, 2.45) is 0 Å². The average Bonchev–Trinajstić information content (AvgIpc) is 4.07. The number of furan rings is 1.